The minimum Gasteiger partial charge on any atom is -0.342 e. The van der Waals surface area contributed by atoms with E-state index in [9.17, 15) is 0 Å². The molecule has 0 fully saturated rings. The molecule has 1 aromatic heterocycles. The highest BCUT2D eigenvalue weighted by atomic mass is 79.9. The Labute approximate surface area is 126 Å². The van der Waals surface area contributed by atoms with Crippen LogP contribution in [0.1, 0.15) is 23.0 Å². The largest absolute Gasteiger partial charge is 0.342 e. The van der Waals surface area contributed by atoms with E-state index in [1.165, 1.54) is 0 Å². The third kappa shape index (κ3) is 2.62. The van der Waals surface area contributed by atoms with Crippen molar-refractivity contribution in [3.63, 3.8) is 0 Å². The van der Waals surface area contributed by atoms with Crippen molar-refractivity contribution in [1.29, 1.82) is 0 Å². The highest BCUT2D eigenvalue weighted by Gasteiger charge is 2.11. The number of hydrogen-bond donors (Lipinski definition) is 2. The third-order valence-corrected chi connectivity index (χ3v) is 3.89. The maximum atomic E-state index is 6.25. The third-order valence-electron chi connectivity index (χ3n) is 3.43. The predicted molar refractivity (Wildman–Crippen MR) is 85.6 cm³/mol. The summed E-state index contributed by atoms with van der Waals surface area (Å²) in [5.41, 5.74) is 10.6. The zero-order chi connectivity index (χ0) is 14.1. The summed E-state index contributed by atoms with van der Waals surface area (Å²) in [6.07, 6.45) is 0.704. The molecule has 0 spiro atoms. The van der Waals surface area contributed by atoms with Gasteiger partial charge in [-0.25, -0.2) is 4.98 Å². The minimum absolute atomic E-state index is 0.0412. The molecule has 0 radical (unpaired) electrons. The van der Waals surface area contributed by atoms with Gasteiger partial charge in [-0.3, -0.25) is 0 Å². The lowest BCUT2D eigenvalue weighted by Gasteiger charge is -2.09. The van der Waals surface area contributed by atoms with Crippen molar-refractivity contribution in [2.45, 2.75) is 19.4 Å². The average Bonchev–Trinajstić information content (AvgIpc) is 2.82. The molecule has 0 aliphatic carbocycles. The highest BCUT2D eigenvalue weighted by Crippen LogP contribution is 2.23. The van der Waals surface area contributed by atoms with Crippen molar-refractivity contribution >= 4 is 27.0 Å². The maximum absolute atomic E-state index is 6.25. The van der Waals surface area contributed by atoms with E-state index in [-0.39, 0.29) is 6.04 Å². The van der Waals surface area contributed by atoms with Gasteiger partial charge in [-0.1, -0.05) is 46.3 Å². The molecule has 0 saturated carbocycles. The Hall–Kier alpha value is -1.65. The molecule has 3 N–H and O–H groups in total. The Balaban J connectivity index is 1.90. The lowest BCUT2D eigenvalue weighted by Crippen LogP contribution is -2.13. The van der Waals surface area contributed by atoms with Gasteiger partial charge in [-0.15, -0.1) is 0 Å². The van der Waals surface area contributed by atoms with E-state index in [2.05, 4.69) is 51.0 Å². The van der Waals surface area contributed by atoms with E-state index in [1.54, 1.807) is 0 Å². The SMILES string of the molecule is Cc1cc(Br)cc2[nH]c(CC(N)c3ccccc3)nc12. The van der Waals surface area contributed by atoms with Crippen LogP contribution in [0.15, 0.2) is 46.9 Å². The van der Waals surface area contributed by atoms with Crippen LogP contribution in [0.3, 0.4) is 0 Å². The standard InChI is InChI=1S/C16H16BrN3/c1-10-7-12(17)8-14-16(10)20-15(19-14)9-13(18)11-5-3-2-4-6-11/h2-8,13H,9,18H2,1H3,(H,19,20). The number of aryl methyl sites for hydroxylation is 1. The van der Waals surface area contributed by atoms with Crippen LogP contribution in [0.5, 0.6) is 0 Å². The molecular weight excluding hydrogens is 314 g/mol. The zero-order valence-electron chi connectivity index (χ0n) is 11.2. The summed E-state index contributed by atoms with van der Waals surface area (Å²) in [6, 6.07) is 14.2. The first-order valence-electron chi connectivity index (χ1n) is 6.59. The number of rotatable bonds is 3. The number of nitrogens with zero attached hydrogens (tertiary/aromatic N) is 1. The second-order valence-electron chi connectivity index (χ2n) is 5.02. The van der Waals surface area contributed by atoms with Crippen molar-refractivity contribution in [3.8, 4) is 0 Å². The number of H-pyrrole nitrogens is 1. The molecule has 0 saturated heterocycles. The van der Waals surface area contributed by atoms with Crippen LogP contribution >= 0.6 is 15.9 Å². The van der Waals surface area contributed by atoms with E-state index < -0.39 is 0 Å². The van der Waals surface area contributed by atoms with Crippen molar-refractivity contribution in [2.24, 2.45) is 5.73 Å². The van der Waals surface area contributed by atoms with E-state index >= 15 is 0 Å². The Morgan fingerprint density at radius 1 is 1.25 bits per heavy atom. The molecular formula is C16H16BrN3. The van der Waals surface area contributed by atoms with Crippen LogP contribution < -0.4 is 5.73 Å². The number of imidazole rings is 1. The van der Waals surface area contributed by atoms with Gasteiger partial charge in [0.15, 0.2) is 0 Å². The van der Waals surface area contributed by atoms with Crippen LogP contribution in [-0.2, 0) is 6.42 Å². The van der Waals surface area contributed by atoms with Gasteiger partial charge < -0.3 is 10.7 Å². The Kier molecular flexibility index (Phi) is 3.59. The number of nitrogens with one attached hydrogen (secondary N) is 1. The minimum atomic E-state index is -0.0412. The fourth-order valence-electron chi connectivity index (χ4n) is 2.42. The van der Waals surface area contributed by atoms with E-state index in [1.807, 2.05) is 24.3 Å². The van der Waals surface area contributed by atoms with Crippen LogP contribution in [0.25, 0.3) is 11.0 Å². The molecule has 4 heteroatoms. The normalized spacial score (nSPS) is 12.8. The summed E-state index contributed by atoms with van der Waals surface area (Å²) in [7, 11) is 0. The molecule has 1 atom stereocenters. The average molecular weight is 330 g/mol. The summed E-state index contributed by atoms with van der Waals surface area (Å²) in [5, 5.41) is 0. The first-order valence-corrected chi connectivity index (χ1v) is 7.38. The van der Waals surface area contributed by atoms with Crippen LogP contribution in [-0.4, -0.2) is 9.97 Å². The van der Waals surface area contributed by atoms with Gasteiger partial charge in [0.25, 0.3) is 0 Å². The number of nitrogens with two attached hydrogens (primary N) is 1. The lowest BCUT2D eigenvalue weighted by molar-refractivity contribution is 0.696. The Morgan fingerprint density at radius 2 is 2.00 bits per heavy atom. The van der Waals surface area contributed by atoms with Crippen LogP contribution in [0, 0.1) is 6.92 Å². The molecule has 3 aromatic rings. The molecule has 2 aromatic carbocycles. The predicted octanol–water partition coefficient (Wildman–Crippen LogP) is 3.88. The fraction of sp³-hybridized carbons (Fsp3) is 0.188. The number of benzene rings is 2. The van der Waals surface area contributed by atoms with Crippen molar-refractivity contribution in [3.05, 3.63) is 63.9 Å². The highest BCUT2D eigenvalue weighted by molar-refractivity contribution is 9.10. The van der Waals surface area contributed by atoms with Gasteiger partial charge in [0.2, 0.25) is 0 Å². The molecule has 102 valence electrons. The van der Waals surface area contributed by atoms with E-state index in [0.29, 0.717) is 6.42 Å². The molecule has 20 heavy (non-hydrogen) atoms. The molecule has 3 nitrogen and oxygen atoms in total. The molecule has 0 bridgehead atoms. The number of hydrogen-bond acceptors (Lipinski definition) is 2. The first-order chi connectivity index (χ1) is 9.63. The van der Waals surface area contributed by atoms with Crippen molar-refractivity contribution in [2.75, 3.05) is 0 Å². The van der Waals surface area contributed by atoms with Gasteiger partial charge in [-0.2, -0.15) is 0 Å². The van der Waals surface area contributed by atoms with Crippen LogP contribution in [0.4, 0.5) is 0 Å². The number of fused-ring (bicyclic) bond motifs is 1. The Morgan fingerprint density at radius 3 is 2.75 bits per heavy atom. The second kappa shape index (κ2) is 5.38. The molecule has 1 unspecified atom stereocenters. The zero-order valence-corrected chi connectivity index (χ0v) is 12.8. The van der Waals surface area contributed by atoms with Gasteiger partial charge in [0.05, 0.1) is 11.0 Å². The van der Waals surface area contributed by atoms with Crippen molar-refractivity contribution < 1.29 is 0 Å². The maximum Gasteiger partial charge on any atom is 0.109 e. The molecule has 3 rings (SSSR count). The van der Waals surface area contributed by atoms with Gasteiger partial charge in [0, 0.05) is 16.9 Å². The van der Waals surface area contributed by atoms with Gasteiger partial charge in [-0.05, 0) is 30.2 Å². The molecule has 0 aliphatic heterocycles. The fourth-order valence-corrected chi connectivity index (χ4v) is 2.99. The van der Waals surface area contributed by atoms with Crippen molar-refractivity contribution in [1.82, 2.24) is 9.97 Å². The Bertz CT molecular complexity index is 734. The number of aromatic amines is 1. The van der Waals surface area contributed by atoms with Gasteiger partial charge in [0.1, 0.15) is 5.82 Å². The smallest absolute Gasteiger partial charge is 0.109 e. The molecule has 0 amide bonds. The molecule has 0 aliphatic rings. The second-order valence-corrected chi connectivity index (χ2v) is 5.94. The topological polar surface area (TPSA) is 54.7 Å². The summed E-state index contributed by atoms with van der Waals surface area (Å²) in [5.74, 6) is 0.928. The van der Waals surface area contributed by atoms with E-state index in [0.717, 1.165) is 32.5 Å². The molecule has 1 heterocycles. The first kappa shape index (κ1) is 13.3. The summed E-state index contributed by atoms with van der Waals surface area (Å²) < 4.78 is 1.06. The summed E-state index contributed by atoms with van der Waals surface area (Å²) in [4.78, 5) is 8.02. The van der Waals surface area contributed by atoms with Gasteiger partial charge >= 0.3 is 0 Å². The van der Waals surface area contributed by atoms with E-state index in [4.69, 9.17) is 5.73 Å². The lowest BCUT2D eigenvalue weighted by atomic mass is 10.0. The number of aromatic nitrogens is 2. The monoisotopic (exact) mass is 329 g/mol. The van der Waals surface area contributed by atoms with Crippen LogP contribution in [0.2, 0.25) is 0 Å². The number of halogens is 1. The summed E-state index contributed by atoms with van der Waals surface area (Å²) in [6.45, 7) is 2.06. The quantitative estimate of drug-likeness (QED) is 0.766. The summed E-state index contributed by atoms with van der Waals surface area (Å²) >= 11 is 3.51.